The zero-order valence-electron chi connectivity index (χ0n) is 10.5. The van der Waals surface area contributed by atoms with Crippen molar-refractivity contribution >= 4 is 11.6 Å². The predicted molar refractivity (Wildman–Crippen MR) is 71.7 cm³/mol. The molecule has 1 amide bonds. The van der Waals surface area contributed by atoms with Gasteiger partial charge in [-0.25, -0.2) is 4.39 Å². The van der Waals surface area contributed by atoms with Crippen molar-refractivity contribution < 1.29 is 13.9 Å². The van der Waals surface area contributed by atoms with Crippen molar-refractivity contribution in [2.75, 3.05) is 11.9 Å². The van der Waals surface area contributed by atoms with E-state index in [4.69, 9.17) is 4.74 Å². The second-order valence-electron chi connectivity index (χ2n) is 4.11. The summed E-state index contributed by atoms with van der Waals surface area (Å²) in [4.78, 5) is 11.7. The Kier molecular flexibility index (Phi) is 4.13. The van der Waals surface area contributed by atoms with Crippen molar-refractivity contribution in [2.24, 2.45) is 0 Å². The van der Waals surface area contributed by atoms with E-state index in [2.05, 4.69) is 5.32 Å². The van der Waals surface area contributed by atoms with Crippen LogP contribution < -0.4 is 10.1 Å². The van der Waals surface area contributed by atoms with Crippen molar-refractivity contribution in [2.45, 2.75) is 6.92 Å². The summed E-state index contributed by atoms with van der Waals surface area (Å²) in [5.41, 5.74) is 1.04. The monoisotopic (exact) mass is 259 g/mol. The number of anilines is 1. The highest BCUT2D eigenvalue weighted by Crippen LogP contribution is 2.14. The molecule has 2 aromatic rings. The van der Waals surface area contributed by atoms with Crippen LogP contribution in [0.3, 0.4) is 0 Å². The number of halogens is 1. The van der Waals surface area contributed by atoms with Gasteiger partial charge in [0, 0.05) is 5.69 Å². The van der Waals surface area contributed by atoms with E-state index in [1.54, 1.807) is 25.1 Å². The van der Waals surface area contributed by atoms with Crippen LogP contribution in [-0.4, -0.2) is 12.5 Å². The van der Waals surface area contributed by atoms with Crippen molar-refractivity contribution in [3.05, 3.63) is 59.9 Å². The van der Waals surface area contributed by atoms with Gasteiger partial charge in [-0.1, -0.05) is 18.2 Å². The van der Waals surface area contributed by atoms with E-state index in [1.807, 2.05) is 18.2 Å². The lowest BCUT2D eigenvalue weighted by molar-refractivity contribution is -0.118. The molecule has 0 spiro atoms. The van der Waals surface area contributed by atoms with Gasteiger partial charge in [0.15, 0.2) is 6.61 Å². The summed E-state index contributed by atoms with van der Waals surface area (Å²) in [5.74, 6) is 0.0568. The molecule has 0 aliphatic heterocycles. The Morgan fingerprint density at radius 3 is 2.63 bits per heavy atom. The molecule has 2 aromatic carbocycles. The molecule has 0 radical (unpaired) electrons. The highest BCUT2D eigenvalue weighted by molar-refractivity contribution is 5.91. The maximum atomic E-state index is 13.1. The third-order valence-corrected chi connectivity index (χ3v) is 2.55. The Hall–Kier alpha value is -2.36. The van der Waals surface area contributed by atoms with Gasteiger partial charge in [0.2, 0.25) is 0 Å². The Bertz CT molecular complexity index is 570. The number of nitrogens with one attached hydrogen (secondary N) is 1. The summed E-state index contributed by atoms with van der Waals surface area (Å²) in [6, 6.07) is 13.5. The van der Waals surface area contributed by atoms with Gasteiger partial charge in [0.1, 0.15) is 11.6 Å². The molecule has 98 valence electrons. The Morgan fingerprint density at radius 1 is 1.21 bits per heavy atom. The third kappa shape index (κ3) is 3.81. The molecule has 0 aliphatic carbocycles. The number of hydrogen-bond acceptors (Lipinski definition) is 2. The fourth-order valence-electron chi connectivity index (χ4n) is 1.59. The fraction of sp³-hybridized carbons (Fsp3) is 0.133. The van der Waals surface area contributed by atoms with E-state index < -0.39 is 0 Å². The average molecular weight is 259 g/mol. The third-order valence-electron chi connectivity index (χ3n) is 2.55. The minimum atomic E-state index is -0.293. The first-order chi connectivity index (χ1) is 9.15. The molecule has 3 nitrogen and oxygen atoms in total. The molecule has 0 fully saturated rings. The number of para-hydroxylation sites is 1. The number of amides is 1. The van der Waals surface area contributed by atoms with Crippen LogP contribution in [0.25, 0.3) is 0 Å². The topological polar surface area (TPSA) is 38.3 Å². The van der Waals surface area contributed by atoms with E-state index in [9.17, 15) is 9.18 Å². The molecule has 19 heavy (non-hydrogen) atoms. The lowest BCUT2D eigenvalue weighted by Gasteiger charge is -2.08. The van der Waals surface area contributed by atoms with Crippen molar-refractivity contribution in [1.82, 2.24) is 0 Å². The van der Waals surface area contributed by atoms with Crippen LogP contribution in [0.1, 0.15) is 5.56 Å². The molecule has 0 unspecified atom stereocenters. The molecule has 0 saturated heterocycles. The van der Waals surface area contributed by atoms with E-state index in [-0.39, 0.29) is 18.3 Å². The maximum Gasteiger partial charge on any atom is 0.262 e. The highest BCUT2D eigenvalue weighted by Gasteiger charge is 2.05. The second kappa shape index (κ2) is 6.00. The van der Waals surface area contributed by atoms with E-state index >= 15 is 0 Å². The molecule has 0 aromatic heterocycles. The molecule has 0 bridgehead atoms. The van der Waals surface area contributed by atoms with Gasteiger partial charge in [-0.3, -0.25) is 4.79 Å². The lowest BCUT2D eigenvalue weighted by atomic mass is 10.2. The zero-order valence-corrected chi connectivity index (χ0v) is 10.5. The number of rotatable bonds is 4. The van der Waals surface area contributed by atoms with Gasteiger partial charge < -0.3 is 10.1 Å². The Morgan fingerprint density at radius 2 is 1.95 bits per heavy atom. The number of hydrogen-bond donors (Lipinski definition) is 1. The average Bonchev–Trinajstić information content (AvgIpc) is 2.42. The highest BCUT2D eigenvalue weighted by atomic mass is 19.1. The van der Waals surface area contributed by atoms with Crippen LogP contribution in [0.4, 0.5) is 10.1 Å². The van der Waals surface area contributed by atoms with E-state index in [0.29, 0.717) is 17.0 Å². The van der Waals surface area contributed by atoms with Crippen LogP contribution in [0, 0.1) is 12.7 Å². The van der Waals surface area contributed by atoms with Gasteiger partial charge in [-0.2, -0.15) is 0 Å². The first kappa shape index (κ1) is 13.1. The van der Waals surface area contributed by atoms with Gasteiger partial charge in [-0.15, -0.1) is 0 Å². The minimum Gasteiger partial charge on any atom is -0.484 e. The minimum absolute atomic E-state index is 0.0829. The zero-order chi connectivity index (χ0) is 13.7. The molecule has 4 heteroatoms. The summed E-state index contributed by atoms with van der Waals surface area (Å²) in [6.45, 7) is 1.56. The van der Waals surface area contributed by atoms with Gasteiger partial charge in [-0.05, 0) is 42.8 Å². The van der Waals surface area contributed by atoms with Crippen molar-refractivity contribution in [3.63, 3.8) is 0 Å². The Labute approximate surface area is 111 Å². The molecular weight excluding hydrogens is 245 g/mol. The molecule has 2 rings (SSSR count). The molecule has 1 N–H and O–H groups in total. The largest absolute Gasteiger partial charge is 0.484 e. The van der Waals surface area contributed by atoms with Crippen LogP contribution in [-0.2, 0) is 4.79 Å². The van der Waals surface area contributed by atoms with Crippen LogP contribution in [0.2, 0.25) is 0 Å². The Balaban J connectivity index is 1.89. The van der Waals surface area contributed by atoms with Crippen molar-refractivity contribution in [3.8, 4) is 5.75 Å². The molecule has 0 heterocycles. The lowest BCUT2D eigenvalue weighted by Crippen LogP contribution is -2.20. The van der Waals surface area contributed by atoms with Crippen LogP contribution in [0.15, 0.2) is 48.5 Å². The van der Waals surface area contributed by atoms with Gasteiger partial charge in [0.25, 0.3) is 5.91 Å². The fourth-order valence-corrected chi connectivity index (χ4v) is 1.59. The normalized spacial score (nSPS) is 10.0. The predicted octanol–water partition coefficient (Wildman–Crippen LogP) is 3.15. The molecule has 0 aliphatic rings. The number of ether oxygens (including phenoxy) is 1. The first-order valence-corrected chi connectivity index (χ1v) is 5.89. The van der Waals surface area contributed by atoms with Gasteiger partial charge >= 0.3 is 0 Å². The van der Waals surface area contributed by atoms with Crippen LogP contribution in [0.5, 0.6) is 5.75 Å². The standard InChI is InChI=1S/C15H14FNO2/c1-11-9-12(7-8-14(11)16)17-15(18)10-19-13-5-3-2-4-6-13/h2-9H,10H2,1H3,(H,17,18). The number of benzene rings is 2. The number of aryl methyl sites for hydroxylation is 1. The number of carbonyl (C=O) groups is 1. The van der Waals surface area contributed by atoms with Crippen LogP contribution >= 0.6 is 0 Å². The number of carbonyl (C=O) groups excluding carboxylic acids is 1. The quantitative estimate of drug-likeness (QED) is 0.916. The second-order valence-corrected chi connectivity index (χ2v) is 4.11. The molecular formula is C15H14FNO2. The summed E-state index contributed by atoms with van der Waals surface area (Å²) in [5, 5.41) is 2.65. The molecule has 0 atom stereocenters. The smallest absolute Gasteiger partial charge is 0.262 e. The SMILES string of the molecule is Cc1cc(NC(=O)COc2ccccc2)ccc1F. The summed E-state index contributed by atoms with van der Waals surface area (Å²) in [6.07, 6.45) is 0. The summed E-state index contributed by atoms with van der Waals surface area (Å²) >= 11 is 0. The molecule has 0 saturated carbocycles. The van der Waals surface area contributed by atoms with E-state index in [1.165, 1.54) is 12.1 Å². The summed E-state index contributed by atoms with van der Waals surface area (Å²) in [7, 11) is 0. The van der Waals surface area contributed by atoms with Gasteiger partial charge in [0.05, 0.1) is 0 Å². The first-order valence-electron chi connectivity index (χ1n) is 5.89. The van der Waals surface area contributed by atoms with E-state index in [0.717, 1.165) is 0 Å². The summed E-state index contributed by atoms with van der Waals surface area (Å²) < 4.78 is 18.4. The van der Waals surface area contributed by atoms with Crippen molar-refractivity contribution in [1.29, 1.82) is 0 Å². The maximum absolute atomic E-state index is 13.1.